The topological polar surface area (TPSA) is 54.5 Å². The summed E-state index contributed by atoms with van der Waals surface area (Å²) in [6, 6.07) is 9.48. The van der Waals surface area contributed by atoms with Gasteiger partial charge >= 0.3 is 0 Å². The Kier molecular flexibility index (Phi) is 2.69. The summed E-state index contributed by atoms with van der Waals surface area (Å²) in [7, 11) is 0. The van der Waals surface area contributed by atoms with E-state index in [0.717, 1.165) is 22.3 Å². The molecule has 0 aliphatic rings. The summed E-state index contributed by atoms with van der Waals surface area (Å²) in [5.41, 5.74) is 3.24. The maximum absolute atomic E-state index is 8.97. The minimum Gasteiger partial charge on any atom is -0.301 e. The van der Waals surface area contributed by atoms with Crippen LogP contribution in [-0.4, -0.2) is 14.5 Å². The Hall–Kier alpha value is -2.38. The molecule has 0 saturated carbocycles. The quantitative estimate of drug-likeness (QED) is 0.637. The molecule has 0 spiro atoms. The Labute approximate surface area is 114 Å². The van der Waals surface area contributed by atoms with E-state index >= 15 is 0 Å². The van der Waals surface area contributed by atoms with Gasteiger partial charge in [-0.15, -0.1) is 0 Å². The average Bonchev–Trinajstić information content (AvgIpc) is 2.78. The van der Waals surface area contributed by atoms with Gasteiger partial charge < -0.3 is 4.57 Å². The smallest absolute Gasteiger partial charge is 0.149 e. The van der Waals surface area contributed by atoms with Gasteiger partial charge in [-0.3, -0.25) is 0 Å². The SMILES string of the molecule is Cc1cn(-c2cccc(C#N)c2)c2ncnc(Cl)c12. The molecular weight excluding hydrogens is 260 g/mol. The van der Waals surface area contributed by atoms with Crippen LogP contribution in [0.3, 0.4) is 0 Å². The fraction of sp³-hybridized carbons (Fsp3) is 0.0714. The minimum absolute atomic E-state index is 0.442. The Morgan fingerprint density at radius 2 is 2.16 bits per heavy atom. The summed E-state index contributed by atoms with van der Waals surface area (Å²) in [6.07, 6.45) is 3.39. The first-order valence-corrected chi connectivity index (χ1v) is 6.07. The molecule has 4 nitrogen and oxygen atoms in total. The fourth-order valence-electron chi connectivity index (χ4n) is 2.12. The number of aryl methyl sites for hydroxylation is 1. The van der Waals surface area contributed by atoms with Crippen LogP contribution in [0.25, 0.3) is 16.7 Å². The lowest BCUT2D eigenvalue weighted by Crippen LogP contribution is -1.94. The van der Waals surface area contributed by atoms with Crippen molar-refractivity contribution in [3.63, 3.8) is 0 Å². The number of nitrogens with zero attached hydrogens (tertiary/aromatic N) is 4. The third-order valence-electron chi connectivity index (χ3n) is 2.98. The fourth-order valence-corrected chi connectivity index (χ4v) is 2.40. The Balaban J connectivity index is 2.32. The summed E-state index contributed by atoms with van der Waals surface area (Å²) >= 11 is 6.10. The molecule has 0 radical (unpaired) electrons. The maximum Gasteiger partial charge on any atom is 0.149 e. The van der Waals surface area contributed by atoms with E-state index in [1.807, 2.05) is 35.9 Å². The molecule has 3 aromatic rings. The van der Waals surface area contributed by atoms with Crippen LogP contribution in [0.1, 0.15) is 11.1 Å². The predicted molar refractivity (Wildman–Crippen MR) is 73.3 cm³/mol. The first-order valence-electron chi connectivity index (χ1n) is 5.69. The molecule has 5 heteroatoms. The molecule has 0 unspecified atom stereocenters. The zero-order valence-electron chi connectivity index (χ0n) is 10.1. The Morgan fingerprint density at radius 1 is 1.32 bits per heavy atom. The van der Waals surface area contributed by atoms with E-state index < -0.39 is 0 Å². The average molecular weight is 269 g/mol. The predicted octanol–water partition coefficient (Wildman–Crippen LogP) is 3.25. The summed E-state index contributed by atoms with van der Waals surface area (Å²) < 4.78 is 1.92. The van der Waals surface area contributed by atoms with Crippen molar-refractivity contribution in [2.75, 3.05) is 0 Å². The van der Waals surface area contributed by atoms with Crippen molar-refractivity contribution in [2.45, 2.75) is 6.92 Å². The van der Waals surface area contributed by atoms with Gasteiger partial charge in [-0.1, -0.05) is 17.7 Å². The monoisotopic (exact) mass is 268 g/mol. The highest BCUT2D eigenvalue weighted by Gasteiger charge is 2.12. The second-order valence-corrected chi connectivity index (χ2v) is 4.57. The first-order chi connectivity index (χ1) is 9.20. The molecule has 3 rings (SSSR count). The molecule has 0 aliphatic heterocycles. The molecule has 2 heterocycles. The van der Waals surface area contributed by atoms with E-state index in [1.54, 1.807) is 6.07 Å². The van der Waals surface area contributed by atoms with Gasteiger partial charge in [0, 0.05) is 11.9 Å². The van der Waals surface area contributed by atoms with E-state index in [4.69, 9.17) is 16.9 Å². The third kappa shape index (κ3) is 1.85. The normalized spacial score (nSPS) is 10.6. The number of benzene rings is 1. The lowest BCUT2D eigenvalue weighted by Gasteiger charge is -2.04. The Bertz CT molecular complexity index is 814. The van der Waals surface area contributed by atoms with E-state index in [-0.39, 0.29) is 0 Å². The van der Waals surface area contributed by atoms with Crippen LogP contribution in [0, 0.1) is 18.3 Å². The van der Waals surface area contributed by atoms with Gasteiger partial charge in [-0.05, 0) is 30.7 Å². The van der Waals surface area contributed by atoms with Crippen LogP contribution < -0.4 is 0 Å². The van der Waals surface area contributed by atoms with Crippen molar-refractivity contribution in [3.8, 4) is 11.8 Å². The molecule has 19 heavy (non-hydrogen) atoms. The van der Waals surface area contributed by atoms with Gasteiger partial charge in [0.15, 0.2) is 0 Å². The molecule has 0 bridgehead atoms. The molecule has 0 fully saturated rings. The molecule has 0 atom stereocenters. The Morgan fingerprint density at radius 3 is 2.95 bits per heavy atom. The van der Waals surface area contributed by atoms with Crippen molar-refractivity contribution in [1.82, 2.24) is 14.5 Å². The van der Waals surface area contributed by atoms with E-state index in [0.29, 0.717) is 10.7 Å². The molecule has 92 valence electrons. The standard InChI is InChI=1S/C14H9ClN4/c1-9-7-19(11-4-2-3-10(5-11)6-16)14-12(9)13(15)17-8-18-14/h2-5,7-8H,1H3. The molecule has 2 aromatic heterocycles. The number of hydrogen-bond acceptors (Lipinski definition) is 3. The lowest BCUT2D eigenvalue weighted by atomic mass is 10.2. The van der Waals surface area contributed by atoms with Gasteiger partial charge in [-0.25, -0.2) is 9.97 Å². The number of aromatic nitrogens is 3. The van der Waals surface area contributed by atoms with Crippen molar-refractivity contribution < 1.29 is 0 Å². The van der Waals surface area contributed by atoms with Crippen LogP contribution in [-0.2, 0) is 0 Å². The molecule has 0 saturated heterocycles. The number of hydrogen-bond donors (Lipinski definition) is 0. The van der Waals surface area contributed by atoms with Crippen molar-refractivity contribution >= 4 is 22.6 Å². The number of fused-ring (bicyclic) bond motifs is 1. The summed E-state index contributed by atoms with van der Waals surface area (Å²) in [6.45, 7) is 1.96. The maximum atomic E-state index is 8.97. The van der Waals surface area contributed by atoms with Crippen LogP contribution in [0.5, 0.6) is 0 Å². The van der Waals surface area contributed by atoms with Crippen molar-refractivity contribution in [3.05, 3.63) is 53.1 Å². The van der Waals surface area contributed by atoms with Gasteiger partial charge in [0.05, 0.1) is 17.0 Å². The summed E-state index contributed by atoms with van der Waals surface area (Å²) in [5.74, 6) is 0. The third-order valence-corrected chi connectivity index (χ3v) is 3.27. The molecule has 0 aliphatic carbocycles. The van der Waals surface area contributed by atoms with E-state index in [1.165, 1.54) is 6.33 Å². The van der Waals surface area contributed by atoms with Crippen molar-refractivity contribution in [1.29, 1.82) is 5.26 Å². The number of rotatable bonds is 1. The second-order valence-electron chi connectivity index (χ2n) is 4.21. The highest BCUT2D eigenvalue weighted by atomic mass is 35.5. The zero-order valence-corrected chi connectivity index (χ0v) is 10.9. The van der Waals surface area contributed by atoms with Crippen LogP contribution >= 0.6 is 11.6 Å². The largest absolute Gasteiger partial charge is 0.301 e. The van der Waals surface area contributed by atoms with Crippen LogP contribution in [0.4, 0.5) is 0 Å². The molecule has 0 amide bonds. The zero-order chi connectivity index (χ0) is 13.4. The number of nitriles is 1. The number of halogens is 1. The van der Waals surface area contributed by atoms with Gasteiger partial charge in [0.25, 0.3) is 0 Å². The van der Waals surface area contributed by atoms with E-state index in [2.05, 4.69) is 16.0 Å². The van der Waals surface area contributed by atoms with Crippen LogP contribution in [0.15, 0.2) is 36.8 Å². The molecular formula is C14H9ClN4. The molecule has 0 N–H and O–H groups in total. The highest BCUT2D eigenvalue weighted by Crippen LogP contribution is 2.27. The molecule has 1 aromatic carbocycles. The van der Waals surface area contributed by atoms with Gasteiger partial charge in [0.1, 0.15) is 17.1 Å². The van der Waals surface area contributed by atoms with Crippen molar-refractivity contribution in [2.24, 2.45) is 0 Å². The second kappa shape index (κ2) is 4.38. The lowest BCUT2D eigenvalue weighted by molar-refractivity contribution is 1.07. The highest BCUT2D eigenvalue weighted by molar-refractivity contribution is 6.34. The van der Waals surface area contributed by atoms with Gasteiger partial charge in [0.2, 0.25) is 0 Å². The summed E-state index contributed by atoms with van der Waals surface area (Å²) in [5, 5.41) is 10.2. The summed E-state index contributed by atoms with van der Waals surface area (Å²) in [4.78, 5) is 8.28. The minimum atomic E-state index is 0.442. The first kappa shape index (κ1) is 11.7. The van der Waals surface area contributed by atoms with Gasteiger partial charge in [-0.2, -0.15) is 5.26 Å². The van der Waals surface area contributed by atoms with Crippen LogP contribution in [0.2, 0.25) is 5.15 Å². The van der Waals surface area contributed by atoms with E-state index in [9.17, 15) is 0 Å².